The van der Waals surface area contributed by atoms with Crippen molar-refractivity contribution in [2.45, 2.75) is 20.8 Å². The molecule has 0 bridgehead atoms. The second kappa shape index (κ2) is 8.19. The summed E-state index contributed by atoms with van der Waals surface area (Å²) < 4.78 is 10.3. The van der Waals surface area contributed by atoms with Crippen molar-refractivity contribution in [1.29, 1.82) is 0 Å². The lowest BCUT2D eigenvalue weighted by Crippen LogP contribution is -2.34. The molecule has 0 aliphatic rings. The Balaban J connectivity index is 2.63. The Morgan fingerprint density at radius 1 is 1.15 bits per heavy atom. The molecule has 1 amide bonds. The SMILES string of the molecule is CCOC(=O)c1cccc(OCC(=O)N(CC)CC)c1. The Hall–Kier alpha value is -2.04. The smallest absolute Gasteiger partial charge is 0.338 e. The minimum Gasteiger partial charge on any atom is -0.484 e. The van der Waals surface area contributed by atoms with E-state index in [9.17, 15) is 9.59 Å². The van der Waals surface area contributed by atoms with Crippen LogP contribution in [0.3, 0.4) is 0 Å². The molecule has 1 aromatic rings. The third-order valence-electron chi connectivity index (χ3n) is 2.82. The van der Waals surface area contributed by atoms with E-state index in [2.05, 4.69) is 0 Å². The fourth-order valence-corrected chi connectivity index (χ4v) is 1.74. The number of benzene rings is 1. The van der Waals surface area contributed by atoms with E-state index in [0.717, 1.165) is 0 Å². The highest BCUT2D eigenvalue weighted by molar-refractivity contribution is 5.89. The molecule has 0 aromatic heterocycles. The van der Waals surface area contributed by atoms with E-state index < -0.39 is 5.97 Å². The molecule has 0 atom stereocenters. The molecule has 1 aromatic carbocycles. The first-order valence-corrected chi connectivity index (χ1v) is 6.80. The molecule has 0 fully saturated rings. The van der Waals surface area contributed by atoms with Gasteiger partial charge in [-0.15, -0.1) is 0 Å². The summed E-state index contributed by atoms with van der Waals surface area (Å²) in [5.74, 6) is 0.0145. The average Bonchev–Trinajstić information content (AvgIpc) is 2.47. The Labute approximate surface area is 119 Å². The first-order chi connectivity index (χ1) is 9.62. The number of hydrogen-bond acceptors (Lipinski definition) is 4. The van der Waals surface area contributed by atoms with Crippen molar-refractivity contribution in [2.24, 2.45) is 0 Å². The Kier molecular flexibility index (Phi) is 6.56. The molecule has 0 aliphatic carbocycles. The Morgan fingerprint density at radius 3 is 2.45 bits per heavy atom. The summed E-state index contributed by atoms with van der Waals surface area (Å²) in [4.78, 5) is 25.1. The molecule has 20 heavy (non-hydrogen) atoms. The first kappa shape index (κ1) is 16.0. The number of carbonyl (C=O) groups excluding carboxylic acids is 2. The maximum atomic E-state index is 11.8. The predicted octanol–water partition coefficient (Wildman–Crippen LogP) is 2.11. The quantitative estimate of drug-likeness (QED) is 0.717. The summed E-state index contributed by atoms with van der Waals surface area (Å²) in [7, 11) is 0. The third kappa shape index (κ3) is 4.57. The van der Waals surface area contributed by atoms with Crippen molar-refractivity contribution in [1.82, 2.24) is 4.90 Å². The number of ether oxygens (including phenoxy) is 2. The Morgan fingerprint density at radius 2 is 1.85 bits per heavy atom. The van der Waals surface area contributed by atoms with Gasteiger partial charge in [0.1, 0.15) is 5.75 Å². The summed E-state index contributed by atoms with van der Waals surface area (Å²) in [5, 5.41) is 0. The van der Waals surface area contributed by atoms with E-state index in [-0.39, 0.29) is 12.5 Å². The van der Waals surface area contributed by atoms with Gasteiger partial charge in [-0.3, -0.25) is 4.79 Å². The normalized spacial score (nSPS) is 9.95. The van der Waals surface area contributed by atoms with Gasteiger partial charge in [0.2, 0.25) is 0 Å². The van der Waals surface area contributed by atoms with Gasteiger partial charge in [-0.05, 0) is 39.0 Å². The Bertz CT molecular complexity index is 455. The van der Waals surface area contributed by atoms with Gasteiger partial charge in [0.25, 0.3) is 5.91 Å². The molecule has 0 saturated heterocycles. The van der Waals surface area contributed by atoms with Crippen molar-refractivity contribution in [3.8, 4) is 5.75 Å². The van der Waals surface area contributed by atoms with Crippen LogP contribution in [0.1, 0.15) is 31.1 Å². The van der Waals surface area contributed by atoms with E-state index >= 15 is 0 Å². The maximum absolute atomic E-state index is 11.8. The number of nitrogens with zero attached hydrogens (tertiary/aromatic N) is 1. The molecular formula is C15H21NO4. The van der Waals surface area contributed by atoms with Gasteiger partial charge in [-0.1, -0.05) is 6.07 Å². The van der Waals surface area contributed by atoms with Crippen LogP contribution >= 0.6 is 0 Å². The highest BCUT2D eigenvalue weighted by Gasteiger charge is 2.11. The number of esters is 1. The maximum Gasteiger partial charge on any atom is 0.338 e. The number of hydrogen-bond donors (Lipinski definition) is 0. The van der Waals surface area contributed by atoms with Crippen molar-refractivity contribution in [3.05, 3.63) is 29.8 Å². The van der Waals surface area contributed by atoms with Crippen LogP contribution in [0, 0.1) is 0 Å². The van der Waals surface area contributed by atoms with Gasteiger partial charge in [0.05, 0.1) is 12.2 Å². The van der Waals surface area contributed by atoms with Crippen LogP contribution in [0.5, 0.6) is 5.75 Å². The fraction of sp³-hybridized carbons (Fsp3) is 0.467. The van der Waals surface area contributed by atoms with Gasteiger partial charge in [0, 0.05) is 13.1 Å². The average molecular weight is 279 g/mol. The standard InChI is InChI=1S/C15H21NO4/c1-4-16(5-2)14(17)11-20-13-9-7-8-12(10-13)15(18)19-6-3/h7-10H,4-6,11H2,1-3H3. The minimum atomic E-state index is -0.395. The second-order valence-corrected chi connectivity index (χ2v) is 4.10. The highest BCUT2D eigenvalue weighted by Crippen LogP contribution is 2.14. The molecule has 5 nitrogen and oxygen atoms in total. The van der Waals surface area contributed by atoms with Gasteiger partial charge in [-0.25, -0.2) is 4.79 Å². The summed E-state index contributed by atoms with van der Waals surface area (Å²) in [6.45, 7) is 7.19. The molecule has 1 rings (SSSR count). The van der Waals surface area contributed by atoms with E-state index in [1.165, 1.54) is 0 Å². The van der Waals surface area contributed by atoms with Crippen LogP contribution in [0.25, 0.3) is 0 Å². The summed E-state index contributed by atoms with van der Waals surface area (Å²) in [5.41, 5.74) is 0.416. The van der Waals surface area contributed by atoms with Crippen LogP contribution < -0.4 is 4.74 Å². The zero-order valence-electron chi connectivity index (χ0n) is 12.2. The molecule has 0 spiro atoms. The number of amides is 1. The number of rotatable bonds is 7. The van der Waals surface area contributed by atoms with Crippen LogP contribution in [-0.2, 0) is 9.53 Å². The zero-order valence-corrected chi connectivity index (χ0v) is 12.2. The lowest BCUT2D eigenvalue weighted by molar-refractivity contribution is -0.132. The van der Waals surface area contributed by atoms with Crippen LogP contribution in [-0.4, -0.2) is 43.1 Å². The van der Waals surface area contributed by atoms with E-state index in [1.54, 1.807) is 36.1 Å². The predicted molar refractivity (Wildman–Crippen MR) is 75.8 cm³/mol. The lowest BCUT2D eigenvalue weighted by atomic mass is 10.2. The van der Waals surface area contributed by atoms with Gasteiger partial charge >= 0.3 is 5.97 Å². The van der Waals surface area contributed by atoms with Crippen molar-refractivity contribution in [3.63, 3.8) is 0 Å². The van der Waals surface area contributed by atoms with Crippen molar-refractivity contribution in [2.75, 3.05) is 26.3 Å². The monoisotopic (exact) mass is 279 g/mol. The summed E-state index contributed by atoms with van der Waals surface area (Å²) >= 11 is 0. The largest absolute Gasteiger partial charge is 0.484 e. The highest BCUT2D eigenvalue weighted by atomic mass is 16.5. The van der Waals surface area contributed by atoms with Crippen molar-refractivity contribution >= 4 is 11.9 Å². The van der Waals surface area contributed by atoms with Gasteiger partial charge in [-0.2, -0.15) is 0 Å². The van der Waals surface area contributed by atoms with Gasteiger partial charge < -0.3 is 14.4 Å². The van der Waals surface area contributed by atoms with Crippen LogP contribution in [0.15, 0.2) is 24.3 Å². The number of likely N-dealkylation sites (N-methyl/N-ethyl adjacent to an activating group) is 1. The van der Waals surface area contributed by atoms with E-state index in [0.29, 0.717) is 31.0 Å². The molecular weight excluding hydrogens is 258 g/mol. The molecule has 110 valence electrons. The molecule has 0 aliphatic heterocycles. The topological polar surface area (TPSA) is 55.8 Å². The molecule has 0 radical (unpaired) electrons. The van der Waals surface area contributed by atoms with E-state index in [4.69, 9.17) is 9.47 Å². The lowest BCUT2D eigenvalue weighted by Gasteiger charge is -2.18. The molecule has 0 saturated carbocycles. The second-order valence-electron chi connectivity index (χ2n) is 4.10. The third-order valence-corrected chi connectivity index (χ3v) is 2.82. The minimum absolute atomic E-state index is 0.0338. The van der Waals surface area contributed by atoms with Crippen molar-refractivity contribution < 1.29 is 19.1 Å². The summed E-state index contributed by atoms with van der Waals surface area (Å²) in [6.07, 6.45) is 0. The van der Waals surface area contributed by atoms with Crippen LogP contribution in [0.4, 0.5) is 0 Å². The first-order valence-electron chi connectivity index (χ1n) is 6.80. The molecule has 0 N–H and O–H groups in total. The van der Waals surface area contributed by atoms with Crippen LogP contribution in [0.2, 0.25) is 0 Å². The van der Waals surface area contributed by atoms with E-state index in [1.807, 2.05) is 13.8 Å². The molecule has 0 heterocycles. The molecule has 0 unspecified atom stereocenters. The fourth-order valence-electron chi connectivity index (χ4n) is 1.74. The van der Waals surface area contributed by atoms with Gasteiger partial charge in [0.15, 0.2) is 6.61 Å². The zero-order chi connectivity index (χ0) is 15.0. The summed E-state index contributed by atoms with van der Waals surface area (Å²) in [6, 6.07) is 6.63. The molecule has 5 heteroatoms. The number of carbonyl (C=O) groups is 2.